The number of nitrogens with two attached hydrogens (primary N) is 1. The lowest BCUT2D eigenvalue weighted by atomic mass is 9.79. The Bertz CT molecular complexity index is 1330. The first-order valence-corrected chi connectivity index (χ1v) is 11.4. The number of benzene rings is 2. The van der Waals surface area contributed by atoms with Crippen LogP contribution in [0.1, 0.15) is 69.8 Å². The van der Waals surface area contributed by atoms with E-state index in [0.29, 0.717) is 16.7 Å². The molecule has 0 spiro atoms. The van der Waals surface area contributed by atoms with E-state index in [-0.39, 0.29) is 40.9 Å². The van der Waals surface area contributed by atoms with Crippen molar-refractivity contribution >= 4 is 5.91 Å². The summed E-state index contributed by atoms with van der Waals surface area (Å²) in [4.78, 5) is 12.7. The molecule has 0 radical (unpaired) electrons. The third-order valence-electron chi connectivity index (χ3n) is 6.91. The number of aryl methyl sites for hydroxylation is 2. The Balaban J connectivity index is 1.99. The lowest BCUT2D eigenvalue weighted by molar-refractivity contribution is -0.146. The number of imidazole rings is 1. The van der Waals surface area contributed by atoms with E-state index < -0.39 is 18.0 Å². The summed E-state index contributed by atoms with van der Waals surface area (Å²) in [6.45, 7) is 2.80. The predicted molar refractivity (Wildman–Crippen MR) is 123 cm³/mol. The van der Waals surface area contributed by atoms with Gasteiger partial charge in [0.25, 0.3) is 0 Å². The van der Waals surface area contributed by atoms with Gasteiger partial charge < -0.3 is 14.9 Å². The zero-order chi connectivity index (χ0) is 25.7. The average Bonchev–Trinajstić information content (AvgIpc) is 3.57. The Morgan fingerprint density at radius 2 is 1.86 bits per heavy atom. The molecule has 1 saturated carbocycles. The first-order chi connectivity index (χ1) is 16.4. The molecule has 3 N–H and O–H groups in total. The van der Waals surface area contributed by atoms with Gasteiger partial charge in [-0.1, -0.05) is 18.2 Å². The van der Waals surface area contributed by atoms with Crippen molar-refractivity contribution in [2.45, 2.75) is 51.2 Å². The fraction of sp³-hybridized carbons (Fsp3) is 0.385. The van der Waals surface area contributed by atoms with Crippen molar-refractivity contribution in [3.05, 3.63) is 87.5 Å². The van der Waals surface area contributed by atoms with Crippen molar-refractivity contribution < 1.29 is 22.4 Å². The van der Waals surface area contributed by atoms with E-state index in [1.165, 1.54) is 18.2 Å². The van der Waals surface area contributed by atoms with Gasteiger partial charge in [-0.2, -0.15) is 13.2 Å². The Hall–Kier alpha value is -3.36. The second-order valence-corrected chi connectivity index (χ2v) is 9.45. The lowest BCUT2D eigenvalue weighted by Gasteiger charge is -2.27. The Morgan fingerprint density at radius 3 is 2.37 bits per heavy atom. The zero-order valence-electron chi connectivity index (χ0n) is 19.8. The Morgan fingerprint density at radius 1 is 1.17 bits per heavy atom. The van der Waals surface area contributed by atoms with Crippen molar-refractivity contribution in [1.29, 1.82) is 5.41 Å². The van der Waals surface area contributed by atoms with Crippen molar-refractivity contribution in [2.75, 3.05) is 0 Å². The quantitative estimate of drug-likeness (QED) is 0.446. The van der Waals surface area contributed by atoms with Crippen LogP contribution in [0.3, 0.4) is 0 Å². The van der Waals surface area contributed by atoms with Crippen LogP contribution >= 0.6 is 0 Å². The van der Waals surface area contributed by atoms with Crippen LogP contribution in [0.5, 0.6) is 0 Å². The van der Waals surface area contributed by atoms with Crippen LogP contribution in [0.25, 0.3) is 0 Å². The van der Waals surface area contributed by atoms with Gasteiger partial charge in [0.05, 0.1) is 12.5 Å². The van der Waals surface area contributed by atoms with Crippen molar-refractivity contribution in [2.24, 2.45) is 18.7 Å². The van der Waals surface area contributed by atoms with Gasteiger partial charge >= 0.3 is 6.18 Å². The van der Waals surface area contributed by atoms with E-state index in [0.717, 1.165) is 25.3 Å². The summed E-state index contributed by atoms with van der Waals surface area (Å²) in [5.41, 5.74) is 8.18. The Labute approximate surface area is 200 Å². The van der Waals surface area contributed by atoms with Crippen LogP contribution in [-0.2, 0) is 13.6 Å². The number of carbonyl (C=O) groups excluding carboxylic acids is 1. The molecular formula is C26H28F4N4O. The molecule has 0 saturated heterocycles. The van der Waals surface area contributed by atoms with E-state index >= 15 is 0 Å². The molecule has 1 aliphatic carbocycles. The van der Waals surface area contributed by atoms with Crippen LogP contribution in [0, 0.1) is 24.1 Å². The van der Waals surface area contributed by atoms with Gasteiger partial charge in [-0.3, -0.25) is 10.2 Å². The van der Waals surface area contributed by atoms with Gasteiger partial charge in [0.15, 0.2) is 0 Å². The molecule has 186 valence electrons. The first-order valence-electron chi connectivity index (χ1n) is 11.4. The van der Waals surface area contributed by atoms with E-state index in [1.807, 2.05) is 0 Å². The number of hydrogen-bond acceptors (Lipinski definition) is 2. The normalized spacial score (nSPS) is 15.7. The molecule has 1 aliphatic rings. The fourth-order valence-electron chi connectivity index (χ4n) is 4.68. The summed E-state index contributed by atoms with van der Waals surface area (Å²) in [5, 5.41) is 8.30. The van der Waals surface area contributed by atoms with Gasteiger partial charge in [-0.25, -0.2) is 4.39 Å². The molecule has 35 heavy (non-hydrogen) atoms. The molecule has 3 aromatic rings. The Kier molecular flexibility index (Phi) is 6.38. The molecular weight excluding hydrogens is 460 g/mol. The lowest BCUT2D eigenvalue weighted by Crippen LogP contribution is -2.26. The molecule has 2 atom stereocenters. The largest absolute Gasteiger partial charge is 0.395 e. The molecule has 5 nitrogen and oxygen atoms in total. The molecule has 9 heteroatoms. The van der Waals surface area contributed by atoms with Crippen LogP contribution < -0.4 is 11.4 Å². The molecule has 1 unspecified atom stereocenters. The number of primary amides is 1. The third kappa shape index (κ3) is 4.90. The van der Waals surface area contributed by atoms with Crippen molar-refractivity contribution in [1.82, 2.24) is 9.13 Å². The van der Waals surface area contributed by atoms with Gasteiger partial charge in [0.1, 0.15) is 5.82 Å². The first kappa shape index (κ1) is 24.8. The highest BCUT2D eigenvalue weighted by molar-refractivity contribution is 5.95. The minimum absolute atomic E-state index is 0.0375. The van der Waals surface area contributed by atoms with Gasteiger partial charge in [-0.05, 0) is 72.6 Å². The maximum absolute atomic E-state index is 14.0. The number of alkyl halides is 3. The highest BCUT2D eigenvalue weighted by Gasteiger charge is 2.40. The summed E-state index contributed by atoms with van der Waals surface area (Å²) in [5.74, 6) is -3.16. The minimum Gasteiger partial charge on any atom is -0.366 e. The predicted octanol–water partition coefficient (Wildman–Crippen LogP) is 5.11. The van der Waals surface area contributed by atoms with Gasteiger partial charge in [-0.15, -0.1) is 0 Å². The number of nitrogens with zero attached hydrogens (tertiary/aromatic N) is 2. The molecule has 1 fully saturated rings. The van der Waals surface area contributed by atoms with E-state index in [4.69, 9.17) is 11.1 Å². The zero-order valence-corrected chi connectivity index (χ0v) is 19.8. The van der Waals surface area contributed by atoms with Crippen LogP contribution in [0.4, 0.5) is 17.6 Å². The van der Waals surface area contributed by atoms with Crippen molar-refractivity contribution in [3.8, 4) is 0 Å². The minimum atomic E-state index is -4.50. The molecule has 4 rings (SSSR count). The number of halogens is 4. The molecule has 1 heterocycles. The van der Waals surface area contributed by atoms with E-state index in [2.05, 4.69) is 0 Å². The number of amides is 1. The van der Waals surface area contributed by atoms with Crippen LogP contribution in [0.2, 0.25) is 0 Å². The second-order valence-electron chi connectivity index (χ2n) is 9.45. The highest BCUT2D eigenvalue weighted by Crippen LogP contribution is 2.49. The molecule has 1 aromatic heterocycles. The summed E-state index contributed by atoms with van der Waals surface area (Å²) < 4.78 is 58.2. The van der Waals surface area contributed by atoms with Crippen LogP contribution in [0.15, 0.2) is 42.7 Å². The number of carbonyl (C=O) groups is 1. The molecule has 1 amide bonds. The third-order valence-corrected chi connectivity index (χ3v) is 6.91. The SMILES string of the molecule is Cc1cc([C@@H](c2c(Cn3ccn(C)c3=N)cc(C(C)C(F)(F)F)cc2C(N)=O)C2CC2)ccc1F. The maximum Gasteiger partial charge on any atom is 0.395 e. The summed E-state index contributed by atoms with van der Waals surface area (Å²) in [6, 6.07) is 7.49. The van der Waals surface area contributed by atoms with Gasteiger partial charge in [0, 0.05) is 30.9 Å². The standard InChI is InChI=1S/C26H28F4N4O/c1-14-10-17(6-7-21(14)27)22(16-4-5-16)23-19(13-34-9-8-33(3)25(34)32)11-18(12-20(23)24(31)35)15(2)26(28,29)30/h6-12,15-16,22,32H,4-5,13H2,1-3H3,(H2,31,35)/t15?,22-/m0/s1. The highest BCUT2D eigenvalue weighted by atomic mass is 19.4. The monoisotopic (exact) mass is 488 g/mol. The number of nitrogens with one attached hydrogen (secondary N) is 1. The summed E-state index contributed by atoms with van der Waals surface area (Å²) in [6.07, 6.45) is 0.604. The maximum atomic E-state index is 14.0. The smallest absolute Gasteiger partial charge is 0.366 e. The summed E-state index contributed by atoms with van der Waals surface area (Å²) >= 11 is 0. The van der Waals surface area contributed by atoms with Gasteiger partial charge in [0.2, 0.25) is 11.5 Å². The number of hydrogen-bond donors (Lipinski definition) is 2. The van der Waals surface area contributed by atoms with Crippen LogP contribution in [-0.4, -0.2) is 21.2 Å². The number of aromatic nitrogens is 2. The molecule has 2 aromatic carbocycles. The van der Waals surface area contributed by atoms with Crippen molar-refractivity contribution in [3.63, 3.8) is 0 Å². The topological polar surface area (TPSA) is 76.8 Å². The van der Waals surface area contributed by atoms with E-state index in [9.17, 15) is 22.4 Å². The molecule has 0 aliphatic heterocycles. The summed E-state index contributed by atoms with van der Waals surface area (Å²) in [7, 11) is 1.70. The second kappa shape index (κ2) is 9.02. The average molecular weight is 489 g/mol. The van der Waals surface area contributed by atoms with E-state index in [1.54, 1.807) is 47.6 Å². The fourth-order valence-corrected chi connectivity index (χ4v) is 4.68. The molecule has 0 bridgehead atoms. The number of rotatable bonds is 7.